The summed E-state index contributed by atoms with van der Waals surface area (Å²) >= 11 is 0. The van der Waals surface area contributed by atoms with Crippen LogP contribution in [0.3, 0.4) is 0 Å². The van der Waals surface area contributed by atoms with Gasteiger partial charge in [0, 0.05) is 30.5 Å². The van der Waals surface area contributed by atoms with Gasteiger partial charge in [-0.25, -0.2) is 4.52 Å². The minimum absolute atomic E-state index is 0.0584. The van der Waals surface area contributed by atoms with Crippen LogP contribution in [0.25, 0.3) is 16.6 Å². The van der Waals surface area contributed by atoms with Crippen molar-refractivity contribution in [2.24, 2.45) is 0 Å². The Kier molecular flexibility index (Phi) is 4.01. The van der Waals surface area contributed by atoms with Crippen LogP contribution in [0.15, 0.2) is 54.9 Å². The van der Waals surface area contributed by atoms with E-state index >= 15 is 0 Å². The fourth-order valence-electron chi connectivity index (χ4n) is 3.07. The van der Waals surface area contributed by atoms with Gasteiger partial charge in [-0.05, 0) is 42.7 Å². The van der Waals surface area contributed by atoms with Gasteiger partial charge in [0.25, 0.3) is 5.91 Å². The van der Waals surface area contributed by atoms with Crippen LogP contribution >= 0.6 is 0 Å². The minimum Gasteiger partial charge on any atom is -0.376 e. The summed E-state index contributed by atoms with van der Waals surface area (Å²) < 4.78 is 7.37. The third-order valence-electron chi connectivity index (χ3n) is 4.40. The van der Waals surface area contributed by atoms with Crippen LogP contribution in [-0.4, -0.2) is 34.8 Å². The first-order chi connectivity index (χ1) is 11.8. The number of aromatic nitrogens is 2. The lowest BCUT2D eigenvalue weighted by atomic mass is 10.0. The van der Waals surface area contributed by atoms with E-state index in [1.54, 1.807) is 0 Å². The fourth-order valence-corrected chi connectivity index (χ4v) is 3.07. The van der Waals surface area contributed by atoms with Crippen molar-refractivity contribution < 1.29 is 9.53 Å². The Balaban J connectivity index is 1.49. The van der Waals surface area contributed by atoms with Crippen molar-refractivity contribution in [2.75, 3.05) is 13.2 Å². The Labute approximate surface area is 140 Å². The van der Waals surface area contributed by atoms with Crippen LogP contribution in [0.1, 0.15) is 23.2 Å². The molecule has 0 spiro atoms. The summed E-state index contributed by atoms with van der Waals surface area (Å²) in [5.74, 6) is -0.0584. The molecule has 1 aromatic carbocycles. The largest absolute Gasteiger partial charge is 0.376 e. The summed E-state index contributed by atoms with van der Waals surface area (Å²) in [6, 6.07) is 13.6. The quantitative estimate of drug-likeness (QED) is 0.804. The van der Waals surface area contributed by atoms with E-state index in [2.05, 4.69) is 10.4 Å². The van der Waals surface area contributed by atoms with Crippen molar-refractivity contribution in [1.29, 1.82) is 0 Å². The molecule has 5 heteroatoms. The molecule has 2 aromatic heterocycles. The van der Waals surface area contributed by atoms with E-state index in [9.17, 15) is 4.79 Å². The second-order valence-corrected chi connectivity index (χ2v) is 6.01. The van der Waals surface area contributed by atoms with Crippen molar-refractivity contribution in [3.63, 3.8) is 0 Å². The number of fused-ring (bicyclic) bond motifs is 1. The zero-order valence-corrected chi connectivity index (χ0v) is 13.3. The third-order valence-corrected chi connectivity index (χ3v) is 4.40. The van der Waals surface area contributed by atoms with Gasteiger partial charge in [0.05, 0.1) is 17.8 Å². The van der Waals surface area contributed by atoms with Gasteiger partial charge < -0.3 is 10.1 Å². The van der Waals surface area contributed by atoms with E-state index in [1.807, 2.05) is 59.4 Å². The molecule has 3 heterocycles. The van der Waals surface area contributed by atoms with Crippen LogP contribution in [-0.2, 0) is 4.74 Å². The van der Waals surface area contributed by atoms with E-state index in [1.165, 1.54) is 0 Å². The lowest BCUT2D eigenvalue weighted by molar-refractivity contribution is 0.0858. The molecule has 5 nitrogen and oxygen atoms in total. The third kappa shape index (κ3) is 2.90. The highest BCUT2D eigenvalue weighted by molar-refractivity contribution is 5.95. The number of hydrogen-bond acceptors (Lipinski definition) is 3. The highest BCUT2D eigenvalue weighted by atomic mass is 16.5. The normalized spacial score (nSPS) is 17.2. The molecule has 1 fully saturated rings. The lowest BCUT2D eigenvalue weighted by Gasteiger charge is -2.11. The summed E-state index contributed by atoms with van der Waals surface area (Å²) in [5.41, 5.74) is 3.81. The first-order valence-corrected chi connectivity index (χ1v) is 8.24. The predicted molar refractivity (Wildman–Crippen MR) is 91.9 cm³/mol. The molecule has 0 bridgehead atoms. The smallest absolute Gasteiger partial charge is 0.251 e. The number of carbonyl (C=O) groups is 1. The van der Waals surface area contributed by atoms with Gasteiger partial charge in [-0.15, -0.1) is 0 Å². The monoisotopic (exact) mass is 321 g/mol. The van der Waals surface area contributed by atoms with Crippen molar-refractivity contribution in [2.45, 2.75) is 18.9 Å². The molecule has 1 atom stereocenters. The Bertz CT molecular complexity index is 848. The topological polar surface area (TPSA) is 55.6 Å². The average molecular weight is 321 g/mol. The molecule has 0 radical (unpaired) electrons. The number of ether oxygens (including phenoxy) is 1. The van der Waals surface area contributed by atoms with Crippen molar-refractivity contribution in [3.05, 3.63) is 60.4 Å². The zero-order chi connectivity index (χ0) is 16.4. The van der Waals surface area contributed by atoms with E-state index in [-0.39, 0.29) is 12.0 Å². The lowest BCUT2D eigenvalue weighted by Crippen LogP contribution is -2.31. The Morgan fingerprint density at radius 3 is 2.92 bits per heavy atom. The number of nitrogens with zero attached hydrogens (tertiary/aromatic N) is 2. The SMILES string of the molecule is O=C(NC[C@@H]1CCCO1)c1ccc(-c2cnn3ccccc23)cc1. The summed E-state index contributed by atoms with van der Waals surface area (Å²) in [5, 5.41) is 7.29. The summed E-state index contributed by atoms with van der Waals surface area (Å²) in [4.78, 5) is 12.2. The van der Waals surface area contributed by atoms with Crippen LogP contribution in [0, 0.1) is 0 Å². The van der Waals surface area contributed by atoms with E-state index in [0.717, 1.165) is 36.1 Å². The average Bonchev–Trinajstić information content (AvgIpc) is 3.29. The summed E-state index contributed by atoms with van der Waals surface area (Å²) in [6.45, 7) is 1.38. The molecule has 4 rings (SSSR count). The summed E-state index contributed by atoms with van der Waals surface area (Å²) in [7, 11) is 0. The molecule has 0 unspecified atom stereocenters. The van der Waals surface area contributed by atoms with Crippen molar-refractivity contribution in [1.82, 2.24) is 14.9 Å². The highest BCUT2D eigenvalue weighted by Crippen LogP contribution is 2.24. The Morgan fingerprint density at radius 1 is 1.25 bits per heavy atom. The minimum atomic E-state index is -0.0584. The standard InChI is InChI=1S/C19H19N3O2/c23-19(20-12-16-4-3-11-24-16)15-8-6-14(7-9-15)17-13-21-22-10-2-1-5-18(17)22/h1-2,5-10,13,16H,3-4,11-12H2,(H,20,23)/t16-/m0/s1. The fraction of sp³-hybridized carbons (Fsp3) is 0.263. The molecule has 1 N–H and O–H groups in total. The molecule has 1 amide bonds. The number of pyridine rings is 1. The molecule has 1 aliphatic rings. The number of hydrogen-bond donors (Lipinski definition) is 1. The van der Waals surface area contributed by atoms with E-state index in [0.29, 0.717) is 12.1 Å². The number of nitrogens with one attached hydrogen (secondary N) is 1. The van der Waals surface area contributed by atoms with E-state index < -0.39 is 0 Å². The first-order valence-electron chi connectivity index (χ1n) is 8.24. The van der Waals surface area contributed by atoms with Crippen LogP contribution in [0.5, 0.6) is 0 Å². The van der Waals surface area contributed by atoms with Gasteiger partial charge in [-0.3, -0.25) is 4.79 Å². The Morgan fingerprint density at radius 2 is 2.12 bits per heavy atom. The molecule has 24 heavy (non-hydrogen) atoms. The van der Waals surface area contributed by atoms with Crippen molar-refractivity contribution >= 4 is 11.4 Å². The zero-order valence-electron chi connectivity index (χ0n) is 13.3. The number of rotatable bonds is 4. The van der Waals surface area contributed by atoms with Gasteiger partial charge in [0.1, 0.15) is 0 Å². The molecule has 3 aromatic rings. The molecule has 1 saturated heterocycles. The van der Waals surface area contributed by atoms with Gasteiger partial charge in [0.2, 0.25) is 0 Å². The highest BCUT2D eigenvalue weighted by Gasteiger charge is 2.16. The predicted octanol–water partition coefficient (Wildman–Crippen LogP) is 2.91. The van der Waals surface area contributed by atoms with Crippen LogP contribution in [0.2, 0.25) is 0 Å². The molecule has 0 saturated carbocycles. The maximum Gasteiger partial charge on any atom is 0.251 e. The number of benzene rings is 1. The maximum atomic E-state index is 12.2. The molecule has 122 valence electrons. The number of carbonyl (C=O) groups excluding carboxylic acids is 1. The molecular formula is C19H19N3O2. The second kappa shape index (κ2) is 6.45. The molecule has 0 aliphatic carbocycles. The van der Waals surface area contributed by atoms with Crippen LogP contribution in [0.4, 0.5) is 0 Å². The van der Waals surface area contributed by atoms with Gasteiger partial charge in [-0.2, -0.15) is 5.10 Å². The second-order valence-electron chi connectivity index (χ2n) is 6.01. The number of amides is 1. The van der Waals surface area contributed by atoms with Crippen molar-refractivity contribution in [3.8, 4) is 11.1 Å². The van der Waals surface area contributed by atoms with Gasteiger partial charge in [0.15, 0.2) is 0 Å². The van der Waals surface area contributed by atoms with E-state index in [4.69, 9.17) is 4.74 Å². The maximum absolute atomic E-state index is 12.2. The Hall–Kier alpha value is -2.66. The molecule has 1 aliphatic heterocycles. The molecular weight excluding hydrogens is 302 g/mol. The van der Waals surface area contributed by atoms with Crippen LogP contribution < -0.4 is 5.32 Å². The first kappa shape index (κ1) is 14.9. The van der Waals surface area contributed by atoms with Gasteiger partial charge >= 0.3 is 0 Å². The van der Waals surface area contributed by atoms with Gasteiger partial charge in [-0.1, -0.05) is 18.2 Å². The summed E-state index contributed by atoms with van der Waals surface area (Å²) in [6.07, 6.45) is 6.03.